The molecule has 0 fully saturated rings. The van der Waals surface area contributed by atoms with Crippen molar-refractivity contribution < 1.29 is 20.4 Å². The molecule has 4 aromatic carbocycles. The van der Waals surface area contributed by atoms with Crippen LogP contribution in [-0.2, 0) is 10.8 Å². The number of aryl methyl sites for hydroxylation is 4. The first-order valence-electron chi connectivity index (χ1n) is 15.9. The van der Waals surface area contributed by atoms with Crippen molar-refractivity contribution in [3.05, 3.63) is 117 Å². The van der Waals surface area contributed by atoms with Crippen LogP contribution in [0.3, 0.4) is 0 Å². The zero-order valence-electron chi connectivity index (χ0n) is 28.0. The quantitative estimate of drug-likeness (QED) is 0.137. The second-order valence-electron chi connectivity index (χ2n) is 13.2. The van der Waals surface area contributed by atoms with Gasteiger partial charge < -0.3 is 20.4 Å². The number of phenols is 4. The highest BCUT2D eigenvalue weighted by atomic mass is 16.3. The molecule has 0 atom stereocenters. The lowest BCUT2D eigenvalue weighted by Gasteiger charge is -2.31. The molecule has 4 N–H and O–H groups in total. The van der Waals surface area contributed by atoms with Gasteiger partial charge in [-0.05, 0) is 80.6 Å². The molecule has 4 rings (SSSR count). The van der Waals surface area contributed by atoms with Crippen molar-refractivity contribution >= 4 is 0 Å². The normalized spacial score (nSPS) is 11.6. The van der Waals surface area contributed by atoms with Crippen LogP contribution < -0.4 is 0 Å². The van der Waals surface area contributed by atoms with Crippen molar-refractivity contribution in [1.29, 1.82) is 0 Å². The molecule has 0 spiro atoms. The lowest BCUT2D eigenvalue weighted by Crippen LogP contribution is -2.23. The fourth-order valence-electron chi connectivity index (χ4n) is 6.21. The summed E-state index contributed by atoms with van der Waals surface area (Å²) in [6.45, 7) is 16.4. The maximum Gasteiger partial charge on any atom is 0.122 e. The molecule has 0 saturated heterocycles. The van der Waals surface area contributed by atoms with Crippen molar-refractivity contribution in [3.8, 4) is 23.0 Å². The Morgan fingerprint density at radius 3 is 1.30 bits per heavy atom. The van der Waals surface area contributed by atoms with Crippen LogP contribution in [0.15, 0.2) is 72.8 Å². The van der Waals surface area contributed by atoms with Crippen LogP contribution in [0, 0.1) is 27.7 Å². The summed E-state index contributed by atoms with van der Waals surface area (Å²) in [5.74, 6) is 1.21. The highest BCUT2D eigenvalue weighted by Crippen LogP contribution is 2.43. The average molecular weight is 597 g/mol. The highest BCUT2D eigenvalue weighted by molar-refractivity contribution is 5.56. The van der Waals surface area contributed by atoms with Crippen molar-refractivity contribution in [3.63, 3.8) is 0 Å². The monoisotopic (exact) mass is 596 g/mol. The Labute approximate surface area is 265 Å². The predicted octanol–water partition coefficient (Wildman–Crippen LogP) is 10.4. The summed E-state index contributed by atoms with van der Waals surface area (Å²) >= 11 is 0. The van der Waals surface area contributed by atoms with Gasteiger partial charge in [-0.1, -0.05) is 119 Å². The smallest absolute Gasteiger partial charge is 0.122 e. The average Bonchev–Trinajstić information content (AvgIpc) is 2.97. The van der Waals surface area contributed by atoms with E-state index in [1.54, 1.807) is 24.3 Å². The zero-order chi connectivity index (χ0) is 32.7. The van der Waals surface area contributed by atoms with Crippen LogP contribution in [-0.4, -0.2) is 20.4 Å². The van der Waals surface area contributed by atoms with E-state index >= 15 is 0 Å². The van der Waals surface area contributed by atoms with E-state index in [9.17, 15) is 20.4 Å². The van der Waals surface area contributed by atoms with Crippen molar-refractivity contribution in [2.45, 2.75) is 105 Å². The van der Waals surface area contributed by atoms with Crippen LogP contribution in [0.4, 0.5) is 0 Å². The van der Waals surface area contributed by atoms with Crippen LogP contribution in [0.5, 0.6) is 23.0 Å². The molecule has 0 amide bonds. The number of hydrogen-bond donors (Lipinski definition) is 4. The van der Waals surface area contributed by atoms with Crippen LogP contribution in [0.2, 0.25) is 0 Å². The first kappa shape index (κ1) is 34.6. The van der Waals surface area contributed by atoms with E-state index in [2.05, 4.69) is 13.8 Å². The second kappa shape index (κ2) is 14.7. The number of hydrogen-bond acceptors (Lipinski definition) is 4. The van der Waals surface area contributed by atoms with Gasteiger partial charge in [0.1, 0.15) is 23.0 Å². The summed E-state index contributed by atoms with van der Waals surface area (Å²) < 4.78 is 0. The molecule has 44 heavy (non-hydrogen) atoms. The third kappa shape index (κ3) is 8.16. The molecular weight excluding hydrogens is 544 g/mol. The molecule has 0 radical (unpaired) electrons. The standard InChI is InChI=1S/C21H28O2.C19H24O2/c1-3-4-5-6-7-16-21(2,17-8-12-19(22)13-9-17)18-10-14-20(23)15-11-18;1-11-7-13(3)17(20)15(9-11)19(5,6)16-10-12(2)8-14(4)18(16)21/h8-15,22-23H,3-7,16H2,1-2H3;7-10,20-21H,1-6H3. The first-order valence-corrected chi connectivity index (χ1v) is 15.9. The Balaban J connectivity index is 0.000000241. The molecular formula is C40H52O4. The van der Waals surface area contributed by atoms with Crippen molar-refractivity contribution in [2.24, 2.45) is 0 Å². The minimum absolute atomic E-state index is 0.104. The molecule has 0 aliphatic carbocycles. The Hall–Kier alpha value is -3.92. The molecule has 0 bridgehead atoms. The number of unbranched alkanes of at least 4 members (excludes halogenated alkanes) is 4. The maximum atomic E-state index is 10.5. The van der Waals surface area contributed by atoms with Gasteiger partial charge in [0.15, 0.2) is 0 Å². The largest absolute Gasteiger partial charge is 0.508 e. The molecule has 4 heteroatoms. The van der Waals surface area contributed by atoms with Crippen LogP contribution in [0.25, 0.3) is 0 Å². The molecule has 0 saturated carbocycles. The van der Waals surface area contributed by atoms with E-state index in [0.29, 0.717) is 23.0 Å². The Bertz CT molecular complexity index is 1410. The van der Waals surface area contributed by atoms with Crippen LogP contribution in [0.1, 0.15) is 111 Å². The number of rotatable bonds is 10. The van der Waals surface area contributed by atoms with E-state index < -0.39 is 5.41 Å². The van der Waals surface area contributed by atoms with Gasteiger partial charge in [0, 0.05) is 22.0 Å². The van der Waals surface area contributed by atoms with Gasteiger partial charge in [-0.2, -0.15) is 0 Å². The summed E-state index contributed by atoms with van der Waals surface area (Å²) in [7, 11) is 0. The SMILES string of the molecule is CCCCCCCC(C)(c1ccc(O)cc1)c1ccc(O)cc1.Cc1cc(C)c(O)c(C(C)(C)c2cc(C)cc(C)c2O)c1. The topological polar surface area (TPSA) is 80.9 Å². The molecule has 0 aromatic heterocycles. The number of aromatic hydroxyl groups is 4. The van der Waals surface area contributed by atoms with E-state index in [1.165, 1.54) is 43.2 Å². The molecule has 4 nitrogen and oxygen atoms in total. The van der Waals surface area contributed by atoms with Gasteiger partial charge in [-0.15, -0.1) is 0 Å². The second-order valence-corrected chi connectivity index (χ2v) is 13.2. The molecule has 0 heterocycles. The molecule has 4 aromatic rings. The van der Waals surface area contributed by atoms with E-state index in [4.69, 9.17) is 0 Å². The summed E-state index contributed by atoms with van der Waals surface area (Å²) in [6, 6.07) is 23.0. The van der Waals surface area contributed by atoms with E-state index in [-0.39, 0.29) is 5.41 Å². The molecule has 0 unspecified atom stereocenters. The number of benzene rings is 4. The van der Waals surface area contributed by atoms with Crippen molar-refractivity contribution in [1.82, 2.24) is 0 Å². The zero-order valence-corrected chi connectivity index (χ0v) is 28.0. The molecule has 0 aliphatic rings. The van der Waals surface area contributed by atoms with Gasteiger partial charge in [-0.3, -0.25) is 0 Å². The van der Waals surface area contributed by atoms with E-state index in [1.807, 2.05) is 90.1 Å². The van der Waals surface area contributed by atoms with Gasteiger partial charge >= 0.3 is 0 Å². The van der Waals surface area contributed by atoms with Gasteiger partial charge in [-0.25, -0.2) is 0 Å². The van der Waals surface area contributed by atoms with Crippen LogP contribution >= 0.6 is 0 Å². The lowest BCUT2D eigenvalue weighted by atomic mass is 9.72. The minimum Gasteiger partial charge on any atom is -0.508 e. The highest BCUT2D eigenvalue weighted by Gasteiger charge is 2.31. The predicted molar refractivity (Wildman–Crippen MR) is 183 cm³/mol. The van der Waals surface area contributed by atoms with Crippen molar-refractivity contribution in [2.75, 3.05) is 0 Å². The summed E-state index contributed by atoms with van der Waals surface area (Å²) in [5, 5.41) is 40.1. The van der Waals surface area contributed by atoms with Gasteiger partial charge in [0.25, 0.3) is 0 Å². The third-order valence-corrected chi connectivity index (χ3v) is 9.03. The van der Waals surface area contributed by atoms with Gasteiger partial charge in [0.05, 0.1) is 0 Å². The van der Waals surface area contributed by atoms with Gasteiger partial charge in [0.2, 0.25) is 0 Å². The fraction of sp³-hybridized carbons (Fsp3) is 0.400. The maximum absolute atomic E-state index is 10.5. The summed E-state index contributed by atoms with van der Waals surface area (Å²) in [5.41, 5.74) is 7.47. The summed E-state index contributed by atoms with van der Waals surface area (Å²) in [6.07, 6.45) is 7.34. The molecule has 0 aliphatic heterocycles. The molecule has 236 valence electrons. The Morgan fingerprint density at radius 2 is 0.909 bits per heavy atom. The van der Waals surface area contributed by atoms with E-state index in [0.717, 1.165) is 39.8 Å². The Morgan fingerprint density at radius 1 is 0.523 bits per heavy atom. The minimum atomic E-state index is -0.471. The number of phenolic OH excluding ortho intramolecular Hbond substituents is 4. The first-order chi connectivity index (χ1) is 20.7. The fourth-order valence-corrected chi connectivity index (χ4v) is 6.21. The Kier molecular flexibility index (Phi) is 11.6. The summed E-state index contributed by atoms with van der Waals surface area (Å²) in [4.78, 5) is 0. The third-order valence-electron chi connectivity index (χ3n) is 9.03. The lowest BCUT2D eigenvalue weighted by molar-refractivity contribution is 0.431.